The van der Waals surface area contributed by atoms with Gasteiger partial charge < -0.3 is 5.32 Å². The summed E-state index contributed by atoms with van der Waals surface area (Å²) in [5, 5.41) is 5.94. The molecule has 5 aromatic rings. The number of nitrogens with zero attached hydrogens (tertiary/aromatic N) is 3. The summed E-state index contributed by atoms with van der Waals surface area (Å²) in [5.41, 5.74) is 6.58. The fraction of sp³-hybridized carbons (Fsp3) is 0.107. The molecule has 4 heteroatoms. The summed E-state index contributed by atoms with van der Waals surface area (Å²) in [4.78, 5) is 13.2. The molecule has 5 rings (SSSR count). The molecule has 0 aliphatic heterocycles. The summed E-state index contributed by atoms with van der Waals surface area (Å²) in [7, 11) is 0. The van der Waals surface area contributed by atoms with Gasteiger partial charge in [0, 0.05) is 29.6 Å². The molecule has 2 heterocycles. The number of pyridine rings is 1. The number of aromatic nitrogens is 3. The Morgan fingerprint density at radius 1 is 0.688 bits per heavy atom. The number of nitrogens with one attached hydrogen (secondary N) is 1. The number of fused-ring (bicyclic) bond motifs is 1. The van der Waals surface area contributed by atoms with E-state index in [1.54, 1.807) is 6.33 Å². The molecule has 1 atom stereocenters. The van der Waals surface area contributed by atoms with Crippen molar-refractivity contribution in [1.82, 2.24) is 15.0 Å². The molecule has 0 bridgehead atoms. The molecule has 1 N–H and O–H groups in total. The third-order valence-electron chi connectivity index (χ3n) is 5.72. The van der Waals surface area contributed by atoms with E-state index in [0.29, 0.717) is 0 Å². The Labute approximate surface area is 188 Å². The van der Waals surface area contributed by atoms with Crippen molar-refractivity contribution in [2.45, 2.75) is 19.9 Å². The molecule has 3 aromatic carbocycles. The van der Waals surface area contributed by atoms with Crippen LogP contribution in [0.4, 0.5) is 5.82 Å². The fourth-order valence-electron chi connectivity index (χ4n) is 3.94. The zero-order valence-corrected chi connectivity index (χ0v) is 18.2. The van der Waals surface area contributed by atoms with E-state index in [1.165, 1.54) is 27.5 Å². The van der Waals surface area contributed by atoms with Crippen molar-refractivity contribution < 1.29 is 0 Å². The maximum absolute atomic E-state index is 4.49. The van der Waals surface area contributed by atoms with Crippen molar-refractivity contribution in [2.24, 2.45) is 0 Å². The molecule has 156 valence electrons. The van der Waals surface area contributed by atoms with Gasteiger partial charge in [0.25, 0.3) is 0 Å². The van der Waals surface area contributed by atoms with Crippen LogP contribution in [-0.4, -0.2) is 15.0 Å². The van der Waals surface area contributed by atoms with Crippen molar-refractivity contribution in [3.8, 4) is 22.4 Å². The monoisotopic (exact) mass is 416 g/mol. The van der Waals surface area contributed by atoms with E-state index in [4.69, 9.17) is 0 Å². The lowest BCUT2D eigenvalue weighted by Gasteiger charge is -2.16. The van der Waals surface area contributed by atoms with Crippen LogP contribution in [0.5, 0.6) is 0 Å². The average Bonchev–Trinajstić information content (AvgIpc) is 2.84. The molecule has 1 unspecified atom stereocenters. The highest BCUT2D eigenvalue weighted by atomic mass is 15.0. The van der Waals surface area contributed by atoms with Gasteiger partial charge in [0.15, 0.2) is 0 Å². The lowest BCUT2D eigenvalue weighted by Crippen LogP contribution is -2.08. The third-order valence-corrected chi connectivity index (χ3v) is 5.72. The van der Waals surface area contributed by atoms with Gasteiger partial charge in [-0.05, 0) is 59.5 Å². The molecule has 0 aliphatic rings. The molecule has 0 fully saturated rings. The van der Waals surface area contributed by atoms with Crippen LogP contribution in [-0.2, 0) is 0 Å². The molecular weight excluding hydrogens is 392 g/mol. The number of benzene rings is 3. The van der Waals surface area contributed by atoms with Crippen molar-refractivity contribution in [1.29, 1.82) is 0 Å². The van der Waals surface area contributed by atoms with Crippen LogP contribution in [0.1, 0.15) is 24.2 Å². The molecule has 2 aromatic heterocycles. The first-order valence-electron chi connectivity index (χ1n) is 10.8. The molecule has 4 nitrogen and oxygen atoms in total. The third kappa shape index (κ3) is 4.21. The summed E-state index contributed by atoms with van der Waals surface area (Å²) in [6.07, 6.45) is 3.47. The van der Waals surface area contributed by atoms with Gasteiger partial charge in [-0.25, -0.2) is 9.97 Å². The predicted octanol–water partition coefficient (Wildman–Crippen LogP) is 6.84. The summed E-state index contributed by atoms with van der Waals surface area (Å²) >= 11 is 0. The zero-order chi connectivity index (χ0) is 21.9. The summed E-state index contributed by atoms with van der Waals surface area (Å²) in [6.45, 7) is 4.15. The van der Waals surface area contributed by atoms with Gasteiger partial charge in [0.05, 0.1) is 5.69 Å². The number of hydrogen-bond acceptors (Lipinski definition) is 4. The Bertz CT molecular complexity index is 1380. The highest BCUT2D eigenvalue weighted by Gasteiger charge is 2.09. The molecular formula is C28H24N4. The summed E-state index contributed by atoms with van der Waals surface area (Å²) in [5.74, 6) is 0.810. The minimum Gasteiger partial charge on any atom is -0.363 e. The maximum Gasteiger partial charge on any atom is 0.130 e. The molecule has 0 amide bonds. The lowest BCUT2D eigenvalue weighted by molar-refractivity contribution is 0.872. The second-order valence-corrected chi connectivity index (χ2v) is 8.02. The minimum absolute atomic E-state index is 0.113. The Morgan fingerprint density at radius 3 is 2.28 bits per heavy atom. The average molecular weight is 417 g/mol. The van der Waals surface area contributed by atoms with E-state index in [0.717, 1.165) is 22.8 Å². The fourth-order valence-corrected chi connectivity index (χ4v) is 3.94. The van der Waals surface area contributed by atoms with E-state index in [-0.39, 0.29) is 6.04 Å². The van der Waals surface area contributed by atoms with Crippen LogP contribution in [0.25, 0.3) is 33.2 Å². The van der Waals surface area contributed by atoms with Crippen molar-refractivity contribution in [2.75, 3.05) is 5.32 Å². The van der Waals surface area contributed by atoms with Crippen molar-refractivity contribution in [3.05, 3.63) is 109 Å². The van der Waals surface area contributed by atoms with Gasteiger partial charge in [-0.3, -0.25) is 4.98 Å². The lowest BCUT2D eigenvalue weighted by atomic mass is 10.0. The van der Waals surface area contributed by atoms with Gasteiger partial charge in [0.1, 0.15) is 12.1 Å². The van der Waals surface area contributed by atoms with Crippen LogP contribution in [0.2, 0.25) is 0 Å². The van der Waals surface area contributed by atoms with Crippen LogP contribution in [0.15, 0.2) is 97.5 Å². The predicted molar refractivity (Wildman–Crippen MR) is 131 cm³/mol. The molecule has 0 spiro atoms. The first-order chi connectivity index (χ1) is 15.7. The first kappa shape index (κ1) is 19.9. The Morgan fingerprint density at radius 2 is 1.47 bits per heavy atom. The van der Waals surface area contributed by atoms with Gasteiger partial charge in [-0.1, -0.05) is 60.7 Å². The smallest absolute Gasteiger partial charge is 0.130 e. The highest BCUT2D eigenvalue weighted by Crippen LogP contribution is 2.27. The second-order valence-electron chi connectivity index (χ2n) is 8.02. The number of hydrogen-bond donors (Lipinski definition) is 1. The Kier molecular flexibility index (Phi) is 5.34. The SMILES string of the molecule is Cc1cc(-c2ccc(C(C)Nc3cc(-c4ccc5ccccc5c4)ncn3)cc2)ccn1. The maximum atomic E-state index is 4.49. The zero-order valence-electron chi connectivity index (χ0n) is 18.2. The highest BCUT2D eigenvalue weighted by molar-refractivity contribution is 5.86. The molecule has 0 saturated heterocycles. The van der Waals surface area contributed by atoms with E-state index < -0.39 is 0 Å². The normalized spacial score (nSPS) is 11.9. The van der Waals surface area contributed by atoms with Gasteiger partial charge in [-0.2, -0.15) is 0 Å². The van der Waals surface area contributed by atoms with Crippen LogP contribution in [0.3, 0.4) is 0 Å². The standard InChI is InChI=1S/C28H24N4/c1-19-15-25(13-14-29-19)23-9-7-21(8-10-23)20(2)32-28-17-27(30-18-31-28)26-12-11-22-5-3-4-6-24(22)16-26/h3-18,20H,1-2H3,(H,30,31,32). The largest absolute Gasteiger partial charge is 0.363 e. The van der Waals surface area contributed by atoms with Gasteiger partial charge in [0.2, 0.25) is 0 Å². The van der Waals surface area contributed by atoms with E-state index in [9.17, 15) is 0 Å². The van der Waals surface area contributed by atoms with E-state index >= 15 is 0 Å². The van der Waals surface area contributed by atoms with Crippen molar-refractivity contribution in [3.63, 3.8) is 0 Å². The number of rotatable bonds is 5. The summed E-state index contributed by atoms with van der Waals surface area (Å²) < 4.78 is 0. The number of aryl methyl sites for hydroxylation is 1. The van der Waals surface area contributed by atoms with Gasteiger partial charge in [-0.15, -0.1) is 0 Å². The quantitative estimate of drug-likeness (QED) is 0.341. The van der Waals surface area contributed by atoms with Gasteiger partial charge >= 0.3 is 0 Å². The topological polar surface area (TPSA) is 50.7 Å². The Hall–Kier alpha value is -4.05. The molecule has 0 saturated carbocycles. The molecule has 0 aliphatic carbocycles. The Balaban J connectivity index is 1.34. The number of anilines is 1. The second kappa shape index (κ2) is 8.60. The van der Waals surface area contributed by atoms with E-state index in [1.807, 2.05) is 25.3 Å². The van der Waals surface area contributed by atoms with Crippen LogP contribution in [0, 0.1) is 6.92 Å². The van der Waals surface area contributed by atoms with E-state index in [2.05, 4.69) is 100.0 Å². The van der Waals surface area contributed by atoms with Crippen LogP contribution < -0.4 is 5.32 Å². The molecule has 32 heavy (non-hydrogen) atoms. The molecule has 0 radical (unpaired) electrons. The minimum atomic E-state index is 0.113. The summed E-state index contributed by atoms with van der Waals surface area (Å²) in [6, 6.07) is 29.7. The van der Waals surface area contributed by atoms with Crippen molar-refractivity contribution >= 4 is 16.6 Å². The van der Waals surface area contributed by atoms with Crippen LogP contribution >= 0.6 is 0 Å². The first-order valence-corrected chi connectivity index (χ1v) is 10.8.